The SMILES string of the molecule is C=Cc1ccc(CC(C(=O)OCC)=C(O)OCC)cc1. The predicted molar refractivity (Wildman–Crippen MR) is 78.2 cm³/mol. The molecular weight excluding hydrogens is 256 g/mol. The van der Waals surface area contributed by atoms with Crippen LogP contribution >= 0.6 is 0 Å². The first kappa shape index (κ1) is 15.8. The summed E-state index contributed by atoms with van der Waals surface area (Å²) in [4.78, 5) is 11.9. The highest BCUT2D eigenvalue weighted by Crippen LogP contribution is 2.15. The molecule has 20 heavy (non-hydrogen) atoms. The van der Waals surface area contributed by atoms with Crippen molar-refractivity contribution in [3.63, 3.8) is 0 Å². The van der Waals surface area contributed by atoms with Gasteiger partial charge in [-0.2, -0.15) is 0 Å². The van der Waals surface area contributed by atoms with Gasteiger partial charge in [-0.15, -0.1) is 0 Å². The van der Waals surface area contributed by atoms with Gasteiger partial charge in [-0.05, 0) is 25.0 Å². The fourth-order valence-electron chi connectivity index (χ4n) is 1.65. The average Bonchev–Trinajstić information content (AvgIpc) is 2.45. The molecule has 0 atom stereocenters. The monoisotopic (exact) mass is 276 g/mol. The summed E-state index contributed by atoms with van der Waals surface area (Å²) in [6, 6.07) is 7.52. The molecule has 1 rings (SSSR count). The molecule has 0 aliphatic rings. The molecule has 0 aliphatic carbocycles. The largest absolute Gasteiger partial charge is 0.481 e. The van der Waals surface area contributed by atoms with Crippen molar-refractivity contribution in [2.75, 3.05) is 13.2 Å². The lowest BCUT2D eigenvalue weighted by Crippen LogP contribution is -2.14. The Balaban J connectivity index is 2.96. The van der Waals surface area contributed by atoms with Crippen molar-refractivity contribution in [3.05, 3.63) is 53.5 Å². The zero-order valence-corrected chi connectivity index (χ0v) is 11.9. The number of hydrogen-bond donors (Lipinski definition) is 1. The topological polar surface area (TPSA) is 55.8 Å². The van der Waals surface area contributed by atoms with Crippen molar-refractivity contribution in [2.24, 2.45) is 0 Å². The minimum Gasteiger partial charge on any atom is -0.481 e. The van der Waals surface area contributed by atoms with Crippen LogP contribution in [0, 0.1) is 0 Å². The summed E-state index contributed by atoms with van der Waals surface area (Å²) in [6.45, 7) is 7.66. The van der Waals surface area contributed by atoms with Gasteiger partial charge >= 0.3 is 5.97 Å². The van der Waals surface area contributed by atoms with Crippen molar-refractivity contribution in [1.82, 2.24) is 0 Å². The van der Waals surface area contributed by atoms with Crippen LogP contribution < -0.4 is 0 Å². The van der Waals surface area contributed by atoms with Crippen LogP contribution in [0.15, 0.2) is 42.4 Å². The maximum absolute atomic E-state index is 11.9. The first-order chi connectivity index (χ1) is 9.62. The second kappa shape index (κ2) is 8.04. The van der Waals surface area contributed by atoms with Gasteiger partial charge in [0.15, 0.2) is 0 Å². The number of ether oxygens (including phenoxy) is 2. The minimum atomic E-state index is -0.564. The maximum Gasteiger partial charge on any atom is 0.341 e. The number of rotatable bonds is 7. The van der Waals surface area contributed by atoms with E-state index in [0.29, 0.717) is 0 Å². The van der Waals surface area contributed by atoms with E-state index >= 15 is 0 Å². The molecule has 4 heteroatoms. The van der Waals surface area contributed by atoms with E-state index in [2.05, 4.69) is 6.58 Å². The molecule has 0 radical (unpaired) electrons. The Labute approximate surface area is 119 Å². The Morgan fingerprint density at radius 3 is 2.30 bits per heavy atom. The van der Waals surface area contributed by atoms with Crippen LogP contribution in [-0.4, -0.2) is 24.3 Å². The molecule has 1 aromatic carbocycles. The van der Waals surface area contributed by atoms with E-state index < -0.39 is 5.97 Å². The Hall–Kier alpha value is -2.23. The zero-order valence-electron chi connectivity index (χ0n) is 11.9. The van der Waals surface area contributed by atoms with Gasteiger partial charge in [-0.3, -0.25) is 0 Å². The van der Waals surface area contributed by atoms with Crippen molar-refractivity contribution in [3.8, 4) is 0 Å². The van der Waals surface area contributed by atoms with Crippen molar-refractivity contribution in [1.29, 1.82) is 0 Å². The van der Waals surface area contributed by atoms with Gasteiger partial charge in [0.05, 0.1) is 13.2 Å². The van der Waals surface area contributed by atoms with Gasteiger partial charge in [0.2, 0.25) is 0 Å². The lowest BCUT2D eigenvalue weighted by molar-refractivity contribution is -0.139. The summed E-state index contributed by atoms with van der Waals surface area (Å²) in [5.74, 6) is -0.940. The number of carbonyl (C=O) groups excluding carboxylic acids is 1. The highest BCUT2D eigenvalue weighted by atomic mass is 16.6. The van der Waals surface area contributed by atoms with Crippen LogP contribution in [-0.2, 0) is 20.7 Å². The van der Waals surface area contributed by atoms with Gasteiger partial charge in [0.25, 0.3) is 5.95 Å². The molecule has 108 valence electrons. The molecule has 0 aliphatic heterocycles. The van der Waals surface area contributed by atoms with E-state index in [1.807, 2.05) is 24.3 Å². The lowest BCUT2D eigenvalue weighted by atomic mass is 10.0. The van der Waals surface area contributed by atoms with Crippen LogP contribution in [0.1, 0.15) is 25.0 Å². The molecule has 4 nitrogen and oxygen atoms in total. The molecular formula is C16H20O4. The standard InChI is InChI=1S/C16H20O4/c1-4-12-7-9-13(10-8-12)11-14(15(17)19-5-2)16(18)20-6-3/h4,7-10,17H,1,5-6,11H2,2-3H3. The molecule has 1 aromatic rings. The van der Waals surface area contributed by atoms with Crippen LogP contribution in [0.3, 0.4) is 0 Å². The normalized spacial score (nSPS) is 11.5. The third-order valence-corrected chi connectivity index (χ3v) is 2.66. The summed E-state index contributed by atoms with van der Waals surface area (Å²) in [7, 11) is 0. The van der Waals surface area contributed by atoms with Gasteiger partial charge < -0.3 is 14.6 Å². The second-order valence-corrected chi connectivity index (χ2v) is 4.06. The predicted octanol–water partition coefficient (Wildman–Crippen LogP) is 3.24. The molecule has 0 aromatic heterocycles. The van der Waals surface area contributed by atoms with E-state index in [-0.39, 0.29) is 31.2 Å². The fourth-order valence-corrected chi connectivity index (χ4v) is 1.65. The van der Waals surface area contributed by atoms with Crippen LogP contribution in [0.5, 0.6) is 0 Å². The number of carbonyl (C=O) groups is 1. The molecule has 0 unspecified atom stereocenters. The van der Waals surface area contributed by atoms with Crippen LogP contribution in [0.25, 0.3) is 6.08 Å². The summed E-state index contributed by atoms with van der Waals surface area (Å²) < 4.78 is 9.94. The van der Waals surface area contributed by atoms with E-state index in [1.165, 1.54) is 0 Å². The second-order valence-electron chi connectivity index (χ2n) is 4.06. The van der Waals surface area contributed by atoms with Crippen molar-refractivity contribution in [2.45, 2.75) is 20.3 Å². The maximum atomic E-state index is 11.9. The number of aliphatic hydroxyl groups excluding tert-OH is 1. The number of benzene rings is 1. The molecule has 1 N–H and O–H groups in total. The Bertz CT molecular complexity index is 486. The van der Waals surface area contributed by atoms with Gasteiger partial charge in [-0.1, -0.05) is 36.9 Å². The van der Waals surface area contributed by atoms with Gasteiger partial charge in [0.1, 0.15) is 5.57 Å². The third kappa shape index (κ3) is 4.46. The summed E-state index contributed by atoms with van der Waals surface area (Å²) in [6.07, 6.45) is 1.99. The van der Waals surface area contributed by atoms with Crippen molar-refractivity contribution < 1.29 is 19.4 Å². The molecule has 0 saturated carbocycles. The van der Waals surface area contributed by atoms with Gasteiger partial charge in [0, 0.05) is 6.42 Å². The zero-order chi connectivity index (χ0) is 15.0. The first-order valence-corrected chi connectivity index (χ1v) is 6.55. The summed E-state index contributed by atoms with van der Waals surface area (Å²) >= 11 is 0. The van der Waals surface area contributed by atoms with E-state index in [4.69, 9.17) is 9.47 Å². The highest BCUT2D eigenvalue weighted by Gasteiger charge is 2.18. The fraction of sp³-hybridized carbons (Fsp3) is 0.312. The number of esters is 1. The Morgan fingerprint density at radius 2 is 1.80 bits per heavy atom. The minimum absolute atomic E-state index is 0.125. The highest BCUT2D eigenvalue weighted by molar-refractivity contribution is 5.89. The molecule has 0 spiro atoms. The smallest absolute Gasteiger partial charge is 0.341 e. The van der Waals surface area contributed by atoms with E-state index in [1.54, 1.807) is 19.9 Å². The third-order valence-electron chi connectivity index (χ3n) is 2.66. The van der Waals surface area contributed by atoms with Crippen molar-refractivity contribution >= 4 is 12.0 Å². The Kier molecular flexibility index (Phi) is 6.37. The molecule has 0 fully saturated rings. The van der Waals surface area contributed by atoms with E-state index in [0.717, 1.165) is 11.1 Å². The van der Waals surface area contributed by atoms with E-state index in [9.17, 15) is 9.90 Å². The molecule has 0 amide bonds. The molecule has 0 saturated heterocycles. The molecule has 0 heterocycles. The molecule has 0 bridgehead atoms. The lowest BCUT2D eigenvalue weighted by Gasteiger charge is -2.10. The number of aliphatic hydroxyl groups is 1. The summed E-state index contributed by atoms with van der Waals surface area (Å²) in [5, 5.41) is 9.81. The number of hydrogen-bond acceptors (Lipinski definition) is 4. The van der Waals surface area contributed by atoms with Gasteiger partial charge in [-0.25, -0.2) is 4.79 Å². The quantitative estimate of drug-likeness (QED) is 0.472. The average molecular weight is 276 g/mol. The van der Waals surface area contributed by atoms with Crippen LogP contribution in [0.4, 0.5) is 0 Å². The first-order valence-electron chi connectivity index (χ1n) is 6.55. The Morgan fingerprint density at radius 1 is 1.20 bits per heavy atom. The van der Waals surface area contributed by atoms with Crippen LogP contribution in [0.2, 0.25) is 0 Å². The summed E-state index contributed by atoms with van der Waals surface area (Å²) in [5.41, 5.74) is 1.99.